The minimum Gasteiger partial charge on any atom is -0.319 e. The first-order valence-electron chi connectivity index (χ1n) is 8.14. The number of amides is 3. The third kappa shape index (κ3) is 2.69. The van der Waals surface area contributed by atoms with Crippen LogP contribution in [-0.2, 0) is 26.7 Å². The van der Waals surface area contributed by atoms with Gasteiger partial charge in [-0.3, -0.25) is 9.69 Å². The molecule has 3 amide bonds. The van der Waals surface area contributed by atoms with Gasteiger partial charge in [0, 0.05) is 5.56 Å². The number of carbonyl (C=O) groups is 2. The van der Waals surface area contributed by atoms with Crippen LogP contribution in [0.2, 0.25) is 0 Å². The fraction of sp³-hybridized carbons (Fsp3) is 0.222. The summed E-state index contributed by atoms with van der Waals surface area (Å²) in [6.07, 6.45) is -0.184. The molecule has 9 heteroatoms. The zero-order valence-electron chi connectivity index (χ0n) is 13.9. The van der Waals surface area contributed by atoms with Gasteiger partial charge in [-0.1, -0.05) is 12.1 Å². The van der Waals surface area contributed by atoms with Crippen LogP contribution in [0.1, 0.15) is 17.5 Å². The second-order valence-corrected chi connectivity index (χ2v) is 8.64. The van der Waals surface area contributed by atoms with E-state index in [1.807, 2.05) is 0 Å². The molecule has 0 radical (unpaired) electrons. The standard InChI is InChI=1S/C18H14F2N2O4S/c19-12-3-1-11(2-4-12)10-22-16(23)18(21-17(22)24)7-8-27(25,26)15-6-5-13(20)9-14(15)18/h1-6,9H,7-8,10H2,(H,21,24)/t18-/m0/s1. The van der Waals surface area contributed by atoms with Crippen molar-refractivity contribution < 1.29 is 26.8 Å². The summed E-state index contributed by atoms with van der Waals surface area (Å²) in [6.45, 7) is -0.107. The number of rotatable bonds is 2. The molecular formula is C18H14F2N2O4S. The molecule has 0 aliphatic carbocycles. The van der Waals surface area contributed by atoms with Crippen molar-refractivity contribution in [3.63, 3.8) is 0 Å². The van der Waals surface area contributed by atoms with Gasteiger partial charge >= 0.3 is 6.03 Å². The number of urea groups is 1. The summed E-state index contributed by atoms with van der Waals surface area (Å²) in [5.41, 5.74) is -1.16. The number of fused-ring (bicyclic) bond motifs is 2. The molecule has 2 aliphatic rings. The second-order valence-electron chi connectivity index (χ2n) is 6.56. The summed E-state index contributed by atoms with van der Waals surface area (Å²) in [4.78, 5) is 26.3. The van der Waals surface area contributed by atoms with Gasteiger partial charge in [0.05, 0.1) is 17.2 Å². The number of hydrogen-bond donors (Lipinski definition) is 1. The lowest BCUT2D eigenvalue weighted by molar-refractivity contribution is -0.132. The van der Waals surface area contributed by atoms with Crippen molar-refractivity contribution in [2.45, 2.75) is 23.4 Å². The van der Waals surface area contributed by atoms with Gasteiger partial charge in [0.25, 0.3) is 5.91 Å². The lowest BCUT2D eigenvalue weighted by Gasteiger charge is -2.33. The second kappa shape index (κ2) is 5.85. The molecule has 27 heavy (non-hydrogen) atoms. The topological polar surface area (TPSA) is 83.5 Å². The molecule has 1 N–H and O–H groups in total. The summed E-state index contributed by atoms with van der Waals surface area (Å²) >= 11 is 0. The molecule has 2 aromatic carbocycles. The van der Waals surface area contributed by atoms with Crippen LogP contribution in [0.15, 0.2) is 47.4 Å². The molecule has 1 spiro atoms. The van der Waals surface area contributed by atoms with Crippen molar-refractivity contribution in [2.24, 2.45) is 0 Å². The Balaban J connectivity index is 1.77. The molecule has 0 aromatic heterocycles. The summed E-state index contributed by atoms with van der Waals surface area (Å²) in [5.74, 6) is -2.15. The number of sulfone groups is 1. The van der Waals surface area contributed by atoms with Crippen molar-refractivity contribution >= 4 is 21.8 Å². The number of imide groups is 1. The number of benzene rings is 2. The molecule has 2 aromatic rings. The van der Waals surface area contributed by atoms with Crippen LogP contribution in [0.4, 0.5) is 13.6 Å². The van der Waals surface area contributed by atoms with Gasteiger partial charge in [-0.2, -0.15) is 0 Å². The van der Waals surface area contributed by atoms with E-state index in [1.165, 1.54) is 24.3 Å². The summed E-state index contributed by atoms with van der Waals surface area (Å²) < 4.78 is 51.5. The molecule has 1 fully saturated rings. The first-order chi connectivity index (χ1) is 12.7. The normalized spacial score (nSPS) is 23.4. The minimum atomic E-state index is -3.67. The highest BCUT2D eigenvalue weighted by molar-refractivity contribution is 7.91. The number of nitrogens with zero attached hydrogens (tertiary/aromatic N) is 1. The van der Waals surface area contributed by atoms with Crippen LogP contribution in [0.25, 0.3) is 0 Å². The van der Waals surface area contributed by atoms with Crippen molar-refractivity contribution in [2.75, 3.05) is 5.75 Å². The number of halogens is 2. The fourth-order valence-corrected chi connectivity index (χ4v) is 5.17. The van der Waals surface area contributed by atoms with Gasteiger partial charge in [0.15, 0.2) is 9.84 Å². The molecule has 1 saturated heterocycles. The van der Waals surface area contributed by atoms with Crippen LogP contribution in [0.3, 0.4) is 0 Å². The third-order valence-electron chi connectivity index (χ3n) is 4.91. The quantitative estimate of drug-likeness (QED) is 0.627. The van der Waals surface area contributed by atoms with Crippen molar-refractivity contribution in [3.05, 3.63) is 65.2 Å². The molecule has 1 atom stereocenters. The smallest absolute Gasteiger partial charge is 0.319 e. The van der Waals surface area contributed by atoms with Crippen LogP contribution >= 0.6 is 0 Å². The molecule has 0 unspecified atom stereocenters. The number of carbonyl (C=O) groups excluding carboxylic acids is 2. The van der Waals surface area contributed by atoms with Crippen LogP contribution in [0.5, 0.6) is 0 Å². The Morgan fingerprint density at radius 3 is 2.41 bits per heavy atom. The highest BCUT2D eigenvalue weighted by Crippen LogP contribution is 2.41. The van der Waals surface area contributed by atoms with Gasteiger partial charge < -0.3 is 5.32 Å². The minimum absolute atomic E-state index is 0.0614. The maximum Gasteiger partial charge on any atom is 0.325 e. The first kappa shape index (κ1) is 17.6. The Labute approximate surface area is 153 Å². The Bertz CT molecular complexity index is 1070. The van der Waals surface area contributed by atoms with E-state index in [9.17, 15) is 26.8 Å². The SMILES string of the molecule is O=C1N[C@]2(CCS(=O)(=O)c3ccc(F)cc32)C(=O)N1Cc1ccc(F)cc1. The maximum absolute atomic E-state index is 13.8. The predicted octanol–water partition coefficient (Wildman–Crippen LogP) is 2.09. The zero-order valence-corrected chi connectivity index (χ0v) is 14.7. The fourth-order valence-electron chi connectivity index (χ4n) is 3.53. The Morgan fingerprint density at radius 1 is 1.04 bits per heavy atom. The highest BCUT2D eigenvalue weighted by atomic mass is 32.2. The monoisotopic (exact) mass is 392 g/mol. The van der Waals surface area contributed by atoms with Crippen molar-refractivity contribution in [3.8, 4) is 0 Å². The van der Waals surface area contributed by atoms with E-state index >= 15 is 0 Å². The molecule has 0 saturated carbocycles. The average Bonchev–Trinajstić information content (AvgIpc) is 2.86. The maximum atomic E-state index is 13.8. The Hall–Kier alpha value is -2.81. The van der Waals surface area contributed by atoms with E-state index in [-0.39, 0.29) is 29.2 Å². The highest BCUT2D eigenvalue weighted by Gasteiger charge is 2.56. The molecule has 6 nitrogen and oxygen atoms in total. The third-order valence-corrected chi connectivity index (χ3v) is 6.68. The molecule has 140 valence electrons. The van der Waals surface area contributed by atoms with Gasteiger partial charge in [-0.05, 0) is 42.3 Å². The van der Waals surface area contributed by atoms with Crippen molar-refractivity contribution in [1.29, 1.82) is 0 Å². The summed E-state index contributed by atoms with van der Waals surface area (Å²) in [7, 11) is -3.67. The van der Waals surface area contributed by atoms with Crippen LogP contribution in [-0.4, -0.2) is 31.0 Å². The lowest BCUT2D eigenvalue weighted by Crippen LogP contribution is -2.48. The Morgan fingerprint density at radius 2 is 1.70 bits per heavy atom. The Kier molecular flexibility index (Phi) is 3.81. The van der Waals surface area contributed by atoms with E-state index in [0.717, 1.165) is 23.1 Å². The average molecular weight is 392 g/mol. The number of nitrogens with one attached hydrogen (secondary N) is 1. The van der Waals surface area contributed by atoms with Gasteiger partial charge in [0.2, 0.25) is 0 Å². The van der Waals surface area contributed by atoms with Crippen molar-refractivity contribution in [1.82, 2.24) is 10.2 Å². The molecule has 4 rings (SSSR count). The number of hydrogen-bond acceptors (Lipinski definition) is 4. The molecule has 2 aliphatic heterocycles. The summed E-state index contributed by atoms with van der Waals surface area (Å²) in [6, 6.07) is 7.70. The van der Waals surface area contributed by atoms with Gasteiger partial charge in [-0.15, -0.1) is 0 Å². The van der Waals surface area contributed by atoms with E-state index in [2.05, 4.69) is 5.32 Å². The zero-order chi connectivity index (χ0) is 19.4. The van der Waals surface area contributed by atoms with Gasteiger partial charge in [0.1, 0.15) is 17.2 Å². The van der Waals surface area contributed by atoms with Gasteiger partial charge in [-0.25, -0.2) is 22.0 Å². The molecule has 0 bridgehead atoms. The van der Waals surface area contributed by atoms with Crippen LogP contribution in [0, 0.1) is 11.6 Å². The van der Waals surface area contributed by atoms with E-state index < -0.39 is 38.9 Å². The molecule has 2 heterocycles. The van der Waals surface area contributed by atoms with Crippen LogP contribution < -0.4 is 5.32 Å². The van der Waals surface area contributed by atoms with E-state index in [0.29, 0.717) is 5.56 Å². The first-order valence-corrected chi connectivity index (χ1v) is 9.79. The largest absolute Gasteiger partial charge is 0.325 e. The molecular weight excluding hydrogens is 378 g/mol. The lowest BCUT2D eigenvalue weighted by atomic mass is 9.86. The van der Waals surface area contributed by atoms with E-state index in [4.69, 9.17) is 0 Å². The summed E-state index contributed by atoms with van der Waals surface area (Å²) in [5, 5.41) is 2.55. The van der Waals surface area contributed by atoms with E-state index in [1.54, 1.807) is 0 Å². The predicted molar refractivity (Wildman–Crippen MR) is 90.2 cm³/mol.